The number of amides is 1. The fraction of sp³-hybridized carbons (Fsp3) is 0.188. The number of rotatable bonds is 6. The number of carbonyl (C=O) groups is 1. The standard InChI is InChI=1S/C16H17BrN2O2/c1-21-15-7-6-13(17)8-12(15)10-19-14-5-3-2-4-11(14)9-16(18)20/h2-8,19H,9-10H2,1H3,(H2,18,20). The molecule has 4 nitrogen and oxygen atoms in total. The average Bonchev–Trinajstić information content (AvgIpc) is 2.46. The second-order valence-corrected chi connectivity index (χ2v) is 5.53. The van der Waals surface area contributed by atoms with Gasteiger partial charge in [0.15, 0.2) is 0 Å². The molecule has 2 aromatic rings. The van der Waals surface area contributed by atoms with Crippen LogP contribution in [0.2, 0.25) is 0 Å². The number of methoxy groups -OCH3 is 1. The number of nitrogens with one attached hydrogen (secondary N) is 1. The number of halogens is 1. The van der Waals surface area contributed by atoms with Gasteiger partial charge in [0.2, 0.25) is 5.91 Å². The van der Waals surface area contributed by atoms with Crippen LogP contribution >= 0.6 is 15.9 Å². The molecule has 0 spiro atoms. The number of primary amides is 1. The molecule has 21 heavy (non-hydrogen) atoms. The zero-order valence-corrected chi connectivity index (χ0v) is 13.3. The molecular formula is C16H17BrN2O2. The minimum atomic E-state index is -0.343. The first-order valence-corrected chi connectivity index (χ1v) is 7.32. The first-order valence-electron chi connectivity index (χ1n) is 6.52. The molecule has 0 bridgehead atoms. The third-order valence-electron chi connectivity index (χ3n) is 3.09. The fourth-order valence-corrected chi connectivity index (χ4v) is 2.52. The lowest BCUT2D eigenvalue weighted by molar-refractivity contribution is -0.117. The molecule has 0 unspecified atom stereocenters. The van der Waals surface area contributed by atoms with E-state index >= 15 is 0 Å². The van der Waals surface area contributed by atoms with E-state index in [-0.39, 0.29) is 12.3 Å². The molecule has 0 aromatic heterocycles. The van der Waals surface area contributed by atoms with E-state index in [2.05, 4.69) is 21.2 Å². The Balaban J connectivity index is 2.17. The van der Waals surface area contributed by atoms with Gasteiger partial charge in [0, 0.05) is 22.3 Å². The summed E-state index contributed by atoms with van der Waals surface area (Å²) in [6, 6.07) is 13.5. The van der Waals surface area contributed by atoms with E-state index in [9.17, 15) is 4.79 Å². The minimum Gasteiger partial charge on any atom is -0.496 e. The quantitative estimate of drug-likeness (QED) is 0.842. The van der Waals surface area contributed by atoms with Crippen molar-refractivity contribution in [1.29, 1.82) is 0 Å². The maximum absolute atomic E-state index is 11.1. The van der Waals surface area contributed by atoms with Crippen LogP contribution in [0.5, 0.6) is 5.75 Å². The predicted octanol–water partition coefficient (Wildman–Crippen LogP) is 3.10. The molecule has 2 aromatic carbocycles. The summed E-state index contributed by atoms with van der Waals surface area (Å²) in [5, 5.41) is 3.33. The number of nitrogens with two attached hydrogens (primary N) is 1. The molecule has 0 aliphatic heterocycles. The smallest absolute Gasteiger partial charge is 0.221 e. The third kappa shape index (κ3) is 4.23. The Labute approximate surface area is 132 Å². The zero-order chi connectivity index (χ0) is 15.2. The van der Waals surface area contributed by atoms with Crippen molar-refractivity contribution in [3.8, 4) is 5.75 Å². The predicted molar refractivity (Wildman–Crippen MR) is 87.4 cm³/mol. The maximum Gasteiger partial charge on any atom is 0.221 e. The second-order valence-electron chi connectivity index (χ2n) is 4.61. The Kier molecular flexibility index (Phi) is 5.22. The number of hydrogen-bond acceptors (Lipinski definition) is 3. The summed E-state index contributed by atoms with van der Waals surface area (Å²) >= 11 is 3.45. The van der Waals surface area contributed by atoms with Gasteiger partial charge in [-0.3, -0.25) is 4.79 Å². The van der Waals surface area contributed by atoms with Crippen LogP contribution in [0.15, 0.2) is 46.9 Å². The molecule has 3 N–H and O–H groups in total. The molecule has 1 amide bonds. The van der Waals surface area contributed by atoms with Crippen LogP contribution in [0.3, 0.4) is 0 Å². The van der Waals surface area contributed by atoms with Crippen molar-refractivity contribution in [2.75, 3.05) is 12.4 Å². The van der Waals surface area contributed by atoms with Gasteiger partial charge in [-0.2, -0.15) is 0 Å². The monoisotopic (exact) mass is 348 g/mol. The van der Waals surface area contributed by atoms with Crippen LogP contribution in [0.4, 0.5) is 5.69 Å². The summed E-state index contributed by atoms with van der Waals surface area (Å²) in [6.45, 7) is 0.596. The number of carbonyl (C=O) groups excluding carboxylic acids is 1. The highest BCUT2D eigenvalue weighted by molar-refractivity contribution is 9.10. The van der Waals surface area contributed by atoms with Gasteiger partial charge in [-0.25, -0.2) is 0 Å². The fourth-order valence-electron chi connectivity index (χ4n) is 2.11. The number of anilines is 1. The summed E-state index contributed by atoms with van der Waals surface area (Å²) in [4.78, 5) is 11.1. The maximum atomic E-state index is 11.1. The highest BCUT2D eigenvalue weighted by Gasteiger charge is 2.07. The lowest BCUT2D eigenvalue weighted by Crippen LogP contribution is -2.15. The van der Waals surface area contributed by atoms with Gasteiger partial charge >= 0.3 is 0 Å². The summed E-state index contributed by atoms with van der Waals surface area (Å²) in [6.07, 6.45) is 0.221. The largest absolute Gasteiger partial charge is 0.496 e. The average molecular weight is 349 g/mol. The summed E-state index contributed by atoms with van der Waals surface area (Å²) in [7, 11) is 1.65. The SMILES string of the molecule is COc1ccc(Br)cc1CNc1ccccc1CC(N)=O. The first-order chi connectivity index (χ1) is 10.1. The van der Waals surface area contributed by atoms with Crippen LogP contribution in [-0.4, -0.2) is 13.0 Å². The molecule has 0 aliphatic carbocycles. The Morgan fingerprint density at radius 1 is 1.24 bits per heavy atom. The minimum absolute atomic E-state index is 0.221. The topological polar surface area (TPSA) is 64.3 Å². The van der Waals surface area contributed by atoms with Gasteiger partial charge in [-0.15, -0.1) is 0 Å². The molecule has 0 atom stereocenters. The lowest BCUT2D eigenvalue weighted by atomic mass is 10.1. The van der Waals surface area contributed by atoms with E-state index in [1.54, 1.807) is 7.11 Å². The summed E-state index contributed by atoms with van der Waals surface area (Å²) in [5.41, 5.74) is 8.09. The lowest BCUT2D eigenvalue weighted by Gasteiger charge is -2.13. The Morgan fingerprint density at radius 2 is 2.00 bits per heavy atom. The van der Waals surface area contributed by atoms with Gasteiger partial charge in [0.1, 0.15) is 5.75 Å². The van der Waals surface area contributed by atoms with E-state index in [4.69, 9.17) is 10.5 Å². The molecule has 0 radical (unpaired) electrons. The van der Waals surface area contributed by atoms with Crippen LogP contribution in [0, 0.1) is 0 Å². The molecule has 0 saturated heterocycles. The van der Waals surface area contributed by atoms with Gasteiger partial charge in [0.05, 0.1) is 13.5 Å². The molecule has 5 heteroatoms. The van der Waals surface area contributed by atoms with Crippen LogP contribution in [-0.2, 0) is 17.8 Å². The third-order valence-corrected chi connectivity index (χ3v) is 3.59. The van der Waals surface area contributed by atoms with Crippen LogP contribution in [0.25, 0.3) is 0 Å². The second kappa shape index (κ2) is 7.13. The Hall–Kier alpha value is -2.01. The van der Waals surface area contributed by atoms with Gasteiger partial charge in [0.25, 0.3) is 0 Å². The molecule has 110 valence electrons. The van der Waals surface area contributed by atoms with Gasteiger partial charge in [-0.1, -0.05) is 34.1 Å². The Bertz CT molecular complexity index is 644. The van der Waals surface area contributed by atoms with Crippen molar-refractivity contribution in [2.24, 2.45) is 5.73 Å². The first kappa shape index (κ1) is 15.4. The van der Waals surface area contributed by atoms with Crippen molar-refractivity contribution < 1.29 is 9.53 Å². The number of ether oxygens (including phenoxy) is 1. The van der Waals surface area contributed by atoms with Crippen LogP contribution in [0.1, 0.15) is 11.1 Å². The van der Waals surface area contributed by atoms with Crippen LogP contribution < -0.4 is 15.8 Å². The van der Waals surface area contributed by atoms with Crippen molar-refractivity contribution >= 4 is 27.5 Å². The van der Waals surface area contributed by atoms with E-state index in [0.29, 0.717) is 6.54 Å². The molecule has 0 aliphatic rings. The van der Waals surface area contributed by atoms with E-state index in [1.807, 2.05) is 42.5 Å². The molecule has 2 rings (SSSR count). The van der Waals surface area contributed by atoms with E-state index in [1.165, 1.54) is 0 Å². The van der Waals surface area contributed by atoms with Gasteiger partial charge in [-0.05, 0) is 29.8 Å². The number of hydrogen-bond donors (Lipinski definition) is 2. The van der Waals surface area contributed by atoms with E-state index in [0.717, 1.165) is 27.0 Å². The van der Waals surface area contributed by atoms with E-state index < -0.39 is 0 Å². The summed E-state index contributed by atoms with van der Waals surface area (Å²) < 4.78 is 6.34. The number of benzene rings is 2. The normalized spacial score (nSPS) is 10.2. The Morgan fingerprint density at radius 3 is 2.71 bits per heavy atom. The molecule has 0 heterocycles. The van der Waals surface area contributed by atoms with Crippen molar-refractivity contribution in [2.45, 2.75) is 13.0 Å². The van der Waals surface area contributed by atoms with Crippen molar-refractivity contribution in [3.63, 3.8) is 0 Å². The summed E-state index contributed by atoms with van der Waals surface area (Å²) in [5.74, 6) is 0.474. The number of para-hydroxylation sites is 1. The highest BCUT2D eigenvalue weighted by Crippen LogP contribution is 2.24. The van der Waals surface area contributed by atoms with Gasteiger partial charge < -0.3 is 15.8 Å². The molecule has 0 saturated carbocycles. The van der Waals surface area contributed by atoms with Crippen molar-refractivity contribution in [1.82, 2.24) is 0 Å². The zero-order valence-electron chi connectivity index (χ0n) is 11.7. The molecule has 0 fully saturated rings. The molecular weight excluding hydrogens is 332 g/mol. The van der Waals surface area contributed by atoms with Crippen molar-refractivity contribution in [3.05, 3.63) is 58.1 Å². The highest BCUT2D eigenvalue weighted by atomic mass is 79.9.